The number of nitrogens with one attached hydrogen (secondary N) is 1. The minimum Gasteiger partial charge on any atom is -0.343 e. The molecule has 2 fully saturated rings. The Morgan fingerprint density at radius 1 is 1.24 bits per heavy atom. The molecule has 0 aromatic rings. The van der Waals surface area contributed by atoms with Gasteiger partial charge in [0.1, 0.15) is 12.1 Å². The normalized spacial score (nSPS) is 37.7. The molecule has 0 spiro atoms. The van der Waals surface area contributed by atoms with Crippen LogP contribution in [0.25, 0.3) is 0 Å². The van der Waals surface area contributed by atoms with E-state index in [9.17, 15) is 9.59 Å². The summed E-state index contributed by atoms with van der Waals surface area (Å²) in [7, 11) is 0. The molecule has 2 aliphatic rings. The minimum atomic E-state index is -0.304. The van der Waals surface area contributed by atoms with Gasteiger partial charge in [-0.15, -0.1) is 0 Å². The number of hydrogen-bond acceptors (Lipinski definition) is 2. The Balaban J connectivity index is 2.17. The van der Waals surface area contributed by atoms with Crippen LogP contribution in [-0.2, 0) is 9.59 Å². The van der Waals surface area contributed by atoms with E-state index in [1.807, 2.05) is 18.7 Å². The summed E-state index contributed by atoms with van der Waals surface area (Å²) in [5.74, 6) is 0.838. The van der Waals surface area contributed by atoms with Gasteiger partial charge in [0, 0.05) is 6.04 Å². The molecule has 0 radical (unpaired) electrons. The van der Waals surface area contributed by atoms with Crippen molar-refractivity contribution >= 4 is 11.8 Å². The summed E-state index contributed by atoms with van der Waals surface area (Å²) in [6, 6.07) is -0.258. The SMILES string of the molecule is CCC1NC(=O)C(CC)N(C2CC(C)C2)C1=O. The van der Waals surface area contributed by atoms with Crippen LogP contribution < -0.4 is 5.32 Å². The standard InChI is InChI=1S/C13H22N2O2/c1-4-10-13(17)15(9-6-8(3)7-9)11(5-2)12(16)14-10/h8-11H,4-7H2,1-3H3,(H,14,16). The molecule has 17 heavy (non-hydrogen) atoms. The van der Waals surface area contributed by atoms with Gasteiger partial charge in [-0.05, 0) is 31.6 Å². The molecule has 0 aromatic heterocycles. The Morgan fingerprint density at radius 3 is 2.35 bits per heavy atom. The molecular weight excluding hydrogens is 216 g/mol. The van der Waals surface area contributed by atoms with Crippen molar-refractivity contribution in [1.29, 1.82) is 0 Å². The van der Waals surface area contributed by atoms with Crippen LogP contribution in [-0.4, -0.2) is 34.8 Å². The van der Waals surface area contributed by atoms with Crippen molar-refractivity contribution in [3.05, 3.63) is 0 Å². The summed E-state index contributed by atoms with van der Waals surface area (Å²) < 4.78 is 0. The van der Waals surface area contributed by atoms with E-state index in [0.717, 1.165) is 12.8 Å². The number of amides is 2. The lowest BCUT2D eigenvalue weighted by Crippen LogP contribution is -2.67. The summed E-state index contributed by atoms with van der Waals surface area (Å²) in [6.07, 6.45) is 3.48. The van der Waals surface area contributed by atoms with Gasteiger partial charge in [0.25, 0.3) is 0 Å². The molecule has 0 bridgehead atoms. The van der Waals surface area contributed by atoms with Crippen LogP contribution in [0.1, 0.15) is 46.5 Å². The Kier molecular flexibility index (Phi) is 3.40. The smallest absolute Gasteiger partial charge is 0.246 e. The van der Waals surface area contributed by atoms with E-state index in [0.29, 0.717) is 24.8 Å². The molecule has 96 valence electrons. The lowest BCUT2D eigenvalue weighted by Gasteiger charge is -2.48. The van der Waals surface area contributed by atoms with Crippen molar-refractivity contribution in [2.24, 2.45) is 5.92 Å². The Bertz CT molecular complexity index is 323. The van der Waals surface area contributed by atoms with Gasteiger partial charge in [-0.1, -0.05) is 20.8 Å². The molecule has 2 amide bonds. The molecule has 1 heterocycles. The van der Waals surface area contributed by atoms with Crippen LogP contribution in [0.3, 0.4) is 0 Å². The van der Waals surface area contributed by atoms with E-state index in [1.54, 1.807) is 0 Å². The van der Waals surface area contributed by atoms with E-state index < -0.39 is 0 Å². The zero-order chi connectivity index (χ0) is 12.6. The van der Waals surface area contributed by atoms with Crippen molar-refractivity contribution in [3.8, 4) is 0 Å². The summed E-state index contributed by atoms with van der Waals surface area (Å²) in [4.78, 5) is 26.2. The largest absolute Gasteiger partial charge is 0.343 e. The third-order valence-electron chi connectivity index (χ3n) is 4.04. The Labute approximate surface area is 103 Å². The maximum Gasteiger partial charge on any atom is 0.246 e. The molecular formula is C13H22N2O2. The monoisotopic (exact) mass is 238 g/mol. The molecule has 4 heteroatoms. The quantitative estimate of drug-likeness (QED) is 0.805. The fourth-order valence-electron chi connectivity index (χ4n) is 2.97. The van der Waals surface area contributed by atoms with E-state index in [2.05, 4.69) is 12.2 Å². The van der Waals surface area contributed by atoms with E-state index in [1.165, 1.54) is 0 Å². The van der Waals surface area contributed by atoms with Crippen LogP contribution in [0.4, 0.5) is 0 Å². The third-order valence-corrected chi connectivity index (χ3v) is 4.04. The maximum atomic E-state index is 12.3. The fourth-order valence-corrected chi connectivity index (χ4v) is 2.97. The first-order valence-corrected chi connectivity index (χ1v) is 6.71. The average Bonchev–Trinajstić information content (AvgIpc) is 2.27. The first kappa shape index (κ1) is 12.4. The zero-order valence-electron chi connectivity index (χ0n) is 10.9. The van der Waals surface area contributed by atoms with Crippen LogP contribution in [0.2, 0.25) is 0 Å². The van der Waals surface area contributed by atoms with Crippen molar-refractivity contribution in [3.63, 3.8) is 0 Å². The van der Waals surface area contributed by atoms with Gasteiger partial charge >= 0.3 is 0 Å². The van der Waals surface area contributed by atoms with Crippen molar-refractivity contribution in [1.82, 2.24) is 10.2 Å². The van der Waals surface area contributed by atoms with Crippen LogP contribution >= 0.6 is 0 Å². The zero-order valence-corrected chi connectivity index (χ0v) is 10.9. The van der Waals surface area contributed by atoms with Crippen LogP contribution in [0, 0.1) is 5.92 Å². The van der Waals surface area contributed by atoms with Gasteiger partial charge in [0.15, 0.2) is 0 Å². The average molecular weight is 238 g/mol. The van der Waals surface area contributed by atoms with Crippen LogP contribution in [0.15, 0.2) is 0 Å². The van der Waals surface area contributed by atoms with Crippen molar-refractivity contribution < 1.29 is 9.59 Å². The van der Waals surface area contributed by atoms with Gasteiger partial charge in [-0.2, -0.15) is 0 Å². The minimum absolute atomic E-state index is 0.0264. The highest BCUT2D eigenvalue weighted by atomic mass is 16.2. The topological polar surface area (TPSA) is 49.4 Å². The summed E-state index contributed by atoms with van der Waals surface area (Å²) >= 11 is 0. The van der Waals surface area contributed by atoms with Gasteiger partial charge in [0.05, 0.1) is 0 Å². The maximum absolute atomic E-state index is 12.3. The molecule has 1 N–H and O–H groups in total. The van der Waals surface area contributed by atoms with Gasteiger partial charge in [-0.25, -0.2) is 0 Å². The molecule has 1 aliphatic carbocycles. The summed E-state index contributed by atoms with van der Waals surface area (Å²) in [5.41, 5.74) is 0. The number of nitrogens with zero attached hydrogens (tertiary/aromatic N) is 1. The number of hydrogen-bond donors (Lipinski definition) is 1. The second-order valence-corrected chi connectivity index (χ2v) is 5.37. The molecule has 2 atom stereocenters. The molecule has 2 unspecified atom stereocenters. The molecule has 2 rings (SSSR count). The van der Waals surface area contributed by atoms with Gasteiger partial charge in [0.2, 0.25) is 11.8 Å². The number of rotatable bonds is 3. The molecule has 1 aliphatic heterocycles. The lowest BCUT2D eigenvalue weighted by molar-refractivity contribution is -0.155. The number of piperazine rings is 1. The van der Waals surface area contributed by atoms with Crippen molar-refractivity contribution in [2.45, 2.75) is 64.6 Å². The first-order chi connectivity index (χ1) is 8.08. The first-order valence-electron chi connectivity index (χ1n) is 6.71. The van der Waals surface area contributed by atoms with Gasteiger partial charge in [-0.3, -0.25) is 9.59 Å². The molecule has 4 nitrogen and oxygen atoms in total. The molecule has 1 saturated heterocycles. The van der Waals surface area contributed by atoms with E-state index >= 15 is 0 Å². The lowest BCUT2D eigenvalue weighted by atomic mass is 9.79. The molecule has 1 saturated carbocycles. The van der Waals surface area contributed by atoms with E-state index in [4.69, 9.17) is 0 Å². The molecule has 0 aromatic carbocycles. The predicted molar refractivity (Wildman–Crippen MR) is 65.3 cm³/mol. The number of carbonyl (C=O) groups excluding carboxylic acids is 2. The fraction of sp³-hybridized carbons (Fsp3) is 0.846. The van der Waals surface area contributed by atoms with Gasteiger partial charge < -0.3 is 10.2 Å². The summed E-state index contributed by atoms with van der Waals surface area (Å²) in [5, 5.41) is 2.83. The second kappa shape index (κ2) is 4.67. The second-order valence-electron chi connectivity index (χ2n) is 5.37. The number of carbonyl (C=O) groups is 2. The summed E-state index contributed by atoms with van der Waals surface area (Å²) in [6.45, 7) is 6.11. The highest BCUT2D eigenvalue weighted by Gasteiger charge is 2.45. The Hall–Kier alpha value is -1.06. The Morgan fingerprint density at radius 2 is 1.88 bits per heavy atom. The van der Waals surface area contributed by atoms with E-state index in [-0.39, 0.29) is 23.9 Å². The highest BCUT2D eigenvalue weighted by Crippen LogP contribution is 2.34. The van der Waals surface area contributed by atoms with Crippen molar-refractivity contribution in [2.75, 3.05) is 0 Å². The highest BCUT2D eigenvalue weighted by molar-refractivity contribution is 5.97. The third kappa shape index (κ3) is 2.05. The van der Waals surface area contributed by atoms with Crippen LogP contribution in [0.5, 0.6) is 0 Å². The predicted octanol–water partition coefficient (Wildman–Crippen LogP) is 1.30.